The van der Waals surface area contributed by atoms with E-state index in [4.69, 9.17) is 21.1 Å². The molecule has 1 N–H and O–H groups in total. The number of methoxy groups -OCH3 is 2. The SMILES string of the molecule is COc1ccc(C(C)NC(=O)C2CCN(S(=O)(=O)Cc3cccc(Cl)c3)CC2)cc1OC. The smallest absolute Gasteiger partial charge is 0.223 e. The molecule has 0 aromatic heterocycles. The summed E-state index contributed by atoms with van der Waals surface area (Å²) in [7, 11) is -0.323. The highest BCUT2D eigenvalue weighted by Gasteiger charge is 2.31. The molecule has 1 aliphatic heterocycles. The molecule has 1 fully saturated rings. The van der Waals surface area contributed by atoms with Gasteiger partial charge in [0.2, 0.25) is 15.9 Å². The number of carbonyl (C=O) groups is 1. The van der Waals surface area contributed by atoms with E-state index >= 15 is 0 Å². The number of sulfonamides is 1. The van der Waals surface area contributed by atoms with E-state index in [1.165, 1.54) is 4.31 Å². The lowest BCUT2D eigenvalue weighted by Crippen LogP contribution is -2.43. The molecule has 3 rings (SSSR count). The van der Waals surface area contributed by atoms with Crippen LogP contribution in [0.15, 0.2) is 42.5 Å². The van der Waals surface area contributed by atoms with Crippen molar-refractivity contribution in [3.05, 3.63) is 58.6 Å². The molecule has 2 aromatic rings. The van der Waals surface area contributed by atoms with E-state index in [2.05, 4.69) is 5.32 Å². The van der Waals surface area contributed by atoms with Crippen molar-refractivity contribution in [1.82, 2.24) is 9.62 Å². The van der Waals surface area contributed by atoms with Gasteiger partial charge in [0, 0.05) is 24.0 Å². The molecular weight excluding hydrogens is 452 g/mol. The maximum absolute atomic E-state index is 12.8. The number of nitrogens with one attached hydrogen (secondary N) is 1. The predicted molar refractivity (Wildman–Crippen MR) is 124 cm³/mol. The second-order valence-electron chi connectivity index (χ2n) is 7.90. The Morgan fingerprint density at radius 2 is 1.81 bits per heavy atom. The minimum Gasteiger partial charge on any atom is -0.493 e. The molecule has 1 atom stereocenters. The van der Waals surface area contributed by atoms with Gasteiger partial charge in [-0.2, -0.15) is 0 Å². The highest BCUT2D eigenvalue weighted by molar-refractivity contribution is 7.88. The maximum atomic E-state index is 12.8. The first-order valence-corrected chi connectivity index (χ1v) is 12.5. The molecule has 1 saturated heterocycles. The van der Waals surface area contributed by atoms with Crippen LogP contribution >= 0.6 is 11.6 Å². The Bertz CT molecular complexity index is 1050. The Labute approximate surface area is 194 Å². The molecule has 7 nitrogen and oxygen atoms in total. The molecular formula is C23H29ClN2O5S. The van der Waals surface area contributed by atoms with Crippen molar-refractivity contribution in [3.63, 3.8) is 0 Å². The first kappa shape index (κ1) is 24.4. The molecule has 9 heteroatoms. The third-order valence-corrected chi connectivity index (χ3v) is 7.81. The molecule has 1 amide bonds. The summed E-state index contributed by atoms with van der Waals surface area (Å²) in [6.45, 7) is 2.56. The largest absolute Gasteiger partial charge is 0.493 e. The monoisotopic (exact) mass is 480 g/mol. The normalized spacial score (nSPS) is 16.4. The number of amides is 1. The number of hydrogen-bond donors (Lipinski definition) is 1. The number of benzene rings is 2. The maximum Gasteiger partial charge on any atom is 0.223 e. The lowest BCUT2D eigenvalue weighted by Gasteiger charge is -2.31. The molecule has 0 saturated carbocycles. The van der Waals surface area contributed by atoms with Crippen molar-refractivity contribution in [1.29, 1.82) is 0 Å². The molecule has 1 unspecified atom stereocenters. The summed E-state index contributed by atoms with van der Waals surface area (Å²) in [5.41, 5.74) is 1.55. The van der Waals surface area contributed by atoms with Crippen LogP contribution in [0, 0.1) is 5.92 Å². The van der Waals surface area contributed by atoms with Crippen LogP contribution in [-0.4, -0.2) is 45.9 Å². The quantitative estimate of drug-likeness (QED) is 0.621. The summed E-state index contributed by atoms with van der Waals surface area (Å²) in [4.78, 5) is 12.8. The fourth-order valence-electron chi connectivity index (χ4n) is 3.86. The van der Waals surface area contributed by atoms with E-state index in [0.29, 0.717) is 48.0 Å². The van der Waals surface area contributed by atoms with Gasteiger partial charge in [-0.25, -0.2) is 12.7 Å². The van der Waals surface area contributed by atoms with Crippen LogP contribution in [0.1, 0.15) is 36.9 Å². The Kier molecular flexibility index (Phi) is 8.03. The number of piperidine rings is 1. The molecule has 0 spiro atoms. The average Bonchev–Trinajstić information content (AvgIpc) is 2.78. The Morgan fingerprint density at radius 3 is 2.44 bits per heavy atom. The zero-order valence-corrected chi connectivity index (χ0v) is 20.1. The van der Waals surface area contributed by atoms with Crippen molar-refractivity contribution >= 4 is 27.5 Å². The first-order valence-electron chi connectivity index (χ1n) is 10.5. The van der Waals surface area contributed by atoms with E-state index in [9.17, 15) is 13.2 Å². The van der Waals surface area contributed by atoms with Gasteiger partial charge in [-0.15, -0.1) is 0 Å². The van der Waals surface area contributed by atoms with Gasteiger partial charge in [-0.05, 0) is 55.2 Å². The topological polar surface area (TPSA) is 84.9 Å². The zero-order valence-electron chi connectivity index (χ0n) is 18.5. The number of ether oxygens (including phenoxy) is 2. The van der Waals surface area contributed by atoms with Crippen LogP contribution in [0.25, 0.3) is 0 Å². The second-order valence-corrected chi connectivity index (χ2v) is 10.3. The fourth-order valence-corrected chi connectivity index (χ4v) is 5.62. The zero-order chi connectivity index (χ0) is 23.3. The minimum atomic E-state index is -3.47. The number of halogens is 1. The highest BCUT2D eigenvalue weighted by Crippen LogP contribution is 2.30. The van der Waals surface area contributed by atoms with Gasteiger partial charge in [-0.3, -0.25) is 4.79 Å². The van der Waals surface area contributed by atoms with E-state index < -0.39 is 10.0 Å². The number of carbonyl (C=O) groups excluding carboxylic acids is 1. The van der Waals surface area contributed by atoms with Crippen LogP contribution in [0.2, 0.25) is 5.02 Å². The van der Waals surface area contributed by atoms with E-state index in [-0.39, 0.29) is 23.6 Å². The Hall–Kier alpha value is -2.29. The number of rotatable bonds is 8. The summed E-state index contributed by atoms with van der Waals surface area (Å²) in [5, 5.41) is 3.55. The van der Waals surface area contributed by atoms with E-state index in [1.807, 2.05) is 19.1 Å². The second kappa shape index (κ2) is 10.6. The Morgan fingerprint density at radius 1 is 1.12 bits per heavy atom. The van der Waals surface area contributed by atoms with Gasteiger partial charge in [0.25, 0.3) is 0 Å². The molecule has 1 aliphatic rings. The van der Waals surface area contributed by atoms with Crippen LogP contribution in [0.3, 0.4) is 0 Å². The van der Waals surface area contributed by atoms with Crippen molar-refractivity contribution in [2.45, 2.75) is 31.6 Å². The first-order chi connectivity index (χ1) is 15.2. The van der Waals surface area contributed by atoms with Crippen molar-refractivity contribution in [2.24, 2.45) is 5.92 Å². The van der Waals surface area contributed by atoms with Gasteiger partial charge in [0.15, 0.2) is 11.5 Å². The molecule has 1 heterocycles. The average molecular weight is 481 g/mol. The third kappa shape index (κ3) is 5.94. The van der Waals surface area contributed by atoms with Crippen LogP contribution in [0.4, 0.5) is 0 Å². The fraction of sp³-hybridized carbons (Fsp3) is 0.435. The molecule has 2 aromatic carbocycles. The number of nitrogens with zero attached hydrogens (tertiary/aromatic N) is 1. The summed E-state index contributed by atoms with van der Waals surface area (Å²) in [5.74, 6) is 0.834. The van der Waals surface area contributed by atoms with Gasteiger partial charge < -0.3 is 14.8 Å². The van der Waals surface area contributed by atoms with Crippen LogP contribution in [-0.2, 0) is 20.6 Å². The third-order valence-electron chi connectivity index (χ3n) is 5.72. The van der Waals surface area contributed by atoms with Crippen LogP contribution in [0.5, 0.6) is 11.5 Å². The molecule has 174 valence electrons. The lowest BCUT2D eigenvalue weighted by atomic mass is 9.96. The van der Waals surface area contributed by atoms with Crippen LogP contribution < -0.4 is 14.8 Å². The molecule has 32 heavy (non-hydrogen) atoms. The number of hydrogen-bond acceptors (Lipinski definition) is 5. The summed E-state index contributed by atoms with van der Waals surface area (Å²) < 4.78 is 37.6. The molecule has 0 aliphatic carbocycles. The minimum absolute atomic E-state index is 0.0702. The van der Waals surface area contributed by atoms with Gasteiger partial charge in [0.05, 0.1) is 26.0 Å². The van der Waals surface area contributed by atoms with Crippen molar-refractivity contribution in [3.8, 4) is 11.5 Å². The van der Waals surface area contributed by atoms with Gasteiger partial charge in [0.1, 0.15) is 0 Å². The highest BCUT2D eigenvalue weighted by atomic mass is 35.5. The Balaban J connectivity index is 1.56. The molecule has 0 bridgehead atoms. The standard InChI is InChI=1S/C23H29ClN2O5S/c1-16(19-7-8-21(30-2)22(14-19)31-3)25-23(27)18-9-11-26(12-10-18)32(28,29)15-17-5-4-6-20(24)13-17/h4-8,13-14,16,18H,9-12,15H2,1-3H3,(H,25,27). The predicted octanol–water partition coefficient (Wildman–Crippen LogP) is 3.78. The van der Waals surface area contributed by atoms with Gasteiger partial charge >= 0.3 is 0 Å². The van der Waals surface area contributed by atoms with E-state index in [0.717, 1.165) is 5.56 Å². The van der Waals surface area contributed by atoms with Gasteiger partial charge in [-0.1, -0.05) is 29.8 Å². The summed E-state index contributed by atoms with van der Waals surface area (Å²) in [6, 6.07) is 12.2. The van der Waals surface area contributed by atoms with E-state index in [1.54, 1.807) is 44.6 Å². The molecule has 0 radical (unpaired) electrons. The van der Waals surface area contributed by atoms with Crippen molar-refractivity contribution in [2.75, 3.05) is 27.3 Å². The lowest BCUT2D eigenvalue weighted by molar-refractivity contribution is -0.126. The summed E-state index contributed by atoms with van der Waals surface area (Å²) in [6.07, 6.45) is 0.971. The van der Waals surface area contributed by atoms with Crippen molar-refractivity contribution < 1.29 is 22.7 Å². The summed E-state index contributed by atoms with van der Waals surface area (Å²) >= 11 is 5.97.